The van der Waals surface area contributed by atoms with E-state index in [1.807, 2.05) is 19.9 Å². The Bertz CT molecular complexity index is 1430. The van der Waals surface area contributed by atoms with E-state index in [4.69, 9.17) is 4.74 Å². The number of aromatic nitrogens is 3. The Morgan fingerprint density at radius 3 is 2.71 bits per heavy atom. The van der Waals surface area contributed by atoms with E-state index in [1.165, 1.54) is 18.2 Å². The van der Waals surface area contributed by atoms with Crippen LogP contribution in [0.1, 0.15) is 55.5 Å². The number of nitrogens with one attached hydrogen (secondary N) is 2. The van der Waals surface area contributed by atoms with E-state index in [0.29, 0.717) is 36.4 Å². The van der Waals surface area contributed by atoms with Crippen molar-refractivity contribution in [3.8, 4) is 17.1 Å². The molecule has 0 spiro atoms. The Kier molecular flexibility index (Phi) is 7.12. The van der Waals surface area contributed by atoms with Crippen molar-refractivity contribution < 1.29 is 23.4 Å². The second kappa shape index (κ2) is 10.5. The van der Waals surface area contributed by atoms with Crippen molar-refractivity contribution in [3.63, 3.8) is 0 Å². The zero-order valence-electron chi connectivity index (χ0n) is 21.3. The first-order valence-corrected chi connectivity index (χ1v) is 12.8. The maximum atomic E-state index is 14.2. The SMILES string of the molecule is CC(C)Oc1ccc(-c2n[nH]c3ccc(C(=O)N[C@@H]4CCC[C@](O)(Cc5c(F)cccc5F)C4)cc23)cn1. The van der Waals surface area contributed by atoms with Crippen molar-refractivity contribution in [2.75, 3.05) is 0 Å². The van der Waals surface area contributed by atoms with Crippen LogP contribution in [0.2, 0.25) is 0 Å². The molecule has 3 N–H and O–H groups in total. The summed E-state index contributed by atoms with van der Waals surface area (Å²) in [5, 5.41) is 22.3. The summed E-state index contributed by atoms with van der Waals surface area (Å²) in [5.74, 6) is -1.12. The van der Waals surface area contributed by atoms with E-state index >= 15 is 0 Å². The Balaban J connectivity index is 1.31. The number of fused-ring (bicyclic) bond motifs is 1. The molecule has 5 rings (SSSR count). The lowest BCUT2D eigenvalue weighted by Gasteiger charge is -2.37. The number of rotatable bonds is 7. The normalized spacial score (nSPS) is 19.6. The molecule has 0 radical (unpaired) electrons. The number of H-pyrrole nitrogens is 1. The van der Waals surface area contributed by atoms with Gasteiger partial charge in [0, 0.05) is 46.8 Å². The van der Waals surface area contributed by atoms with Gasteiger partial charge in [-0.1, -0.05) is 6.07 Å². The zero-order valence-corrected chi connectivity index (χ0v) is 21.3. The molecule has 1 aliphatic rings. The van der Waals surface area contributed by atoms with Gasteiger partial charge in [-0.3, -0.25) is 9.89 Å². The van der Waals surface area contributed by atoms with E-state index in [-0.39, 0.29) is 36.5 Å². The van der Waals surface area contributed by atoms with Gasteiger partial charge in [0.1, 0.15) is 17.3 Å². The molecule has 2 aromatic heterocycles. The first-order valence-electron chi connectivity index (χ1n) is 12.8. The van der Waals surface area contributed by atoms with Gasteiger partial charge in [0.25, 0.3) is 5.91 Å². The average molecular weight is 521 g/mol. The van der Waals surface area contributed by atoms with E-state index < -0.39 is 17.2 Å². The van der Waals surface area contributed by atoms with Gasteiger partial charge in [-0.25, -0.2) is 13.8 Å². The van der Waals surface area contributed by atoms with E-state index in [2.05, 4.69) is 20.5 Å². The molecule has 0 saturated heterocycles. The lowest BCUT2D eigenvalue weighted by atomic mass is 9.78. The van der Waals surface area contributed by atoms with Crippen LogP contribution in [-0.2, 0) is 6.42 Å². The Hall–Kier alpha value is -3.85. The predicted molar refractivity (Wildman–Crippen MR) is 140 cm³/mol. The second-order valence-corrected chi connectivity index (χ2v) is 10.3. The van der Waals surface area contributed by atoms with E-state index in [0.717, 1.165) is 16.5 Å². The highest BCUT2D eigenvalue weighted by Gasteiger charge is 2.36. The number of halogens is 2. The monoisotopic (exact) mass is 520 g/mol. The molecular formula is C29H30F2N4O3. The van der Waals surface area contributed by atoms with Crippen LogP contribution >= 0.6 is 0 Å². The minimum atomic E-state index is -1.31. The number of amides is 1. The van der Waals surface area contributed by atoms with Crippen LogP contribution in [-0.4, -0.2) is 43.9 Å². The first kappa shape index (κ1) is 25.8. The minimum Gasteiger partial charge on any atom is -0.475 e. The summed E-state index contributed by atoms with van der Waals surface area (Å²) in [6.45, 7) is 3.86. The number of aliphatic hydroxyl groups is 1. The van der Waals surface area contributed by atoms with Crippen molar-refractivity contribution in [1.82, 2.24) is 20.5 Å². The maximum Gasteiger partial charge on any atom is 0.251 e. The van der Waals surface area contributed by atoms with Gasteiger partial charge in [-0.2, -0.15) is 5.10 Å². The van der Waals surface area contributed by atoms with Gasteiger partial charge >= 0.3 is 0 Å². The summed E-state index contributed by atoms with van der Waals surface area (Å²) in [5.41, 5.74) is 1.23. The summed E-state index contributed by atoms with van der Waals surface area (Å²) in [4.78, 5) is 17.5. The molecule has 4 aromatic rings. The first-order chi connectivity index (χ1) is 18.2. The van der Waals surface area contributed by atoms with Crippen LogP contribution < -0.4 is 10.1 Å². The number of hydrogen-bond donors (Lipinski definition) is 3. The van der Waals surface area contributed by atoms with Crippen molar-refractivity contribution in [2.24, 2.45) is 0 Å². The minimum absolute atomic E-state index is 0.0152. The Labute approximate surface area is 219 Å². The topological polar surface area (TPSA) is 100 Å². The Morgan fingerprint density at radius 2 is 2.00 bits per heavy atom. The Morgan fingerprint density at radius 1 is 1.21 bits per heavy atom. The van der Waals surface area contributed by atoms with Crippen LogP contribution in [0.15, 0.2) is 54.7 Å². The fraction of sp³-hybridized carbons (Fsp3) is 0.345. The number of aromatic amines is 1. The number of ether oxygens (including phenoxy) is 1. The summed E-state index contributed by atoms with van der Waals surface area (Å²) >= 11 is 0. The predicted octanol–water partition coefficient (Wildman–Crippen LogP) is 5.34. The highest BCUT2D eigenvalue weighted by molar-refractivity contribution is 6.01. The summed E-state index contributed by atoms with van der Waals surface area (Å²) in [6.07, 6.45) is 3.48. The van der Waals surface area contributed by atoms with Crippen LogP contribution in [0.4, 0.5) is 8.78 Å². The number of hydrogen-bond acceptors (Lipinski definition) is 5. The smallest absolute Gasteiger partial charge is 0.251 e. The third-order valence-electron chi connectivity index (χ3n) is 6.92. The molecule has 1 aliphatic carbocycles. The molecule has 7 nitrogen and oxygen atoms in total. The molecule has 1 fully saturated rings. The van der Waals surface area contributed by atoms with E-state index in [9.17, 15) is 18.7 Å². The fourth-order valence-corrected chi connectivity index (χ4v) is 5.13. The van der Waals surface area contributed by atoms with Crippen LogP contribution in [0, 0.1) is 11.6 Å². The highest BCUT2D eigenvalue weighted by atomic mass is 19.1. The molecule has 198 valence electrons. The second-order valence-electron chi connectivity index (χ2n) is 10.3. The number of pyridine rings is 1. The number of carbonyl (C=O) groups excluding carboxylic acids is 1. The van der Waals surface area contributed by atoms with Crippen LogP contribution in [0.3, 0.4) is 0 Å². The molecule has 2 heterocycles. The fourth-order valence-electron chi connectivity index (χ4n) is 5.13. The molecule has 1 amide bonds. The number of benzene rings is 2. The molecule has 0 unspecified atom stereocenters. The third-order valence-corrected chi connectivity index (χ3v) is 6.92. The molecule has 2 atom stereocenters. The van der Waals surface area contributed by atoms with Crippen LogP contribution in [0.25, 0.3) is 22.2 Å². The lowest BCUT2D eigenvalue weighted by Crippen LogP contribution is -2.47. The average Bonchev–Trinajstić information content (AvgIpc) is 3.30. The third kappa shape index (κ3) is 5.52. The van der Waals surface area contributed by atoms with Gasteiger partial charge in [0.05, 0.1) is 17.2 Å². The molecule has 38 heavy (non-hydrogen) atoms. The van der Waals surface area contributed by atoms with Gasteiger partial charge in [0.15, 0.2) is 0 Å². The quantitative estimate of drug-likeness (QED) is 0.306. The van der Waals surface area contributed by atoms with Crippen molar-refractivity contribution in [1.29, 1.82) is 0 Å². The largest absolute Gasteiger partial charge is 0.475 e. The standard InChI is InChI=1S/C29H30F2N4O3/c1-17(2)38-26-11-9-19(16-32-26)27-21-13-18(8-10-25(21)34-35-27)28(36)33-20-5-4-12-29(37,14-20)15-22-23(30)6-3-7-24(22)31/h3,6-11,13,16-17,20,37H,4-5,12,14-15H2,1-2H3,(H,33,36)(H,34,35)/t20-,29-/m1/s1. The van der Waals surface area contributed by atoms with Crippen molar-refractivity contribution >= 4 is 16.8 Å². The highest BCUT2D eigenvalue weighted by Crippen LogP contribution is 2.33. The number of nitrogens with zero attached hydrogens (tertiary/aromatic N) is 2. The van der Waals surface area contributed by atoms with Gasteiger partial charge in [-0.15, -0.1) is 0 Å². The molecule has 0 aliphatic heterocycles. The lowest BCUT2D eigenvalue weighted by molar-refractivity contribution is -0.00754. The number of carbonyl (C=O) groups is 1. The molecule has 1 saturated carbocycles. The van der Waals surface area contributed by atoms with E-state index in [1.54, 1.807) is 30.5 Å². The maximum absolute atomic E-state index is 14.2. The summed E-state index contributed by atoms with van der Waals surface area (Å²) < 4.78 is 34.0. The van der Waals surface area contributed by atoms with Crippen LogP contribution in [0.5, 0.6) is 5.88 Å². The molecule has 9 heteroatoms. The zero-order chi connectivity index (χ0) is 26.9. The van der Waals surface area contributed by atoms with Crippen molar-refractivity contribution in [2.45, 2.75) is 63.7 Å². The molecule has 2 aromatic carbocycles. The summed E-state index contributed by atoms with van der Waals surface area (Å²) in [6, 6.07) is 12.3. The van der Waals surface area contributed by atoms with Crippen molar-refractivity contribution in [3.05, 3.63) is 77.5 Å². The van der Waals surface area contributed by atoms with Gasteiger partial charge < -0.3 is 15.2 Å². The summed E-state index contributed by atoms with van der Waals surface area (Å²) in [7, 11) is 0. The van der Waals surface area contributed by atoms with Gasteiger partial charge in [0.2, 0.25) is 5.88 Å². The molecule has 0 bridgehead atoms. The van der Waals surface area contributed by atoms with Gasteiger partial charge in [-0.05, 0) is 75.9 Å². The molecular weight excluding hydrogens is 490 g/mol.